The van der Waals surface area contributed by atoms with Crippen LogP contribution in [0.4, 0.5) is 17.1 Å². The second-order valence-corrected chi connectivity index (χ2v) is 6.19. The Morgan fingerprint density at radius 1 is 1.14 bits per heavy atom. The van der Waals surface area contributed by atoms with Gasteiger partial charge in [0.2, 0.25) is 0 Å². The lowest BCUT2D eigenvalue weighted by Gasteiger charge is -2.12. The third kappa shape index (κ3) is 5.68. The van der Waals surface area contributed by atoms with Gasteiger partial charge in [0.05, 0.1) is 18.1 Å². The van der Waals surface area contributed by atoms with Gasteiger partial charge in [0.15, 0.2) is 0 Å². The molecule has 8 heteroatoms. The molecule has 2 aromatic carbocycles. The molecular weight excluding hydrogens is 362 g/mol. The molecule has 8 nitrogen and oxygen atoms in total. The van der Waals surface area contributed by atoms with Crippen LogP contribution in [0.25, 0.3) is 0 Å². The molecule has 1 amide bonds. The lowest BCUT2D eigenvalue weighted by molar-refractivity contribution is -0.384. The van der Waals surface area contributed by atoms with Crippen LogP contribution < -0.4 is 15.4 Å². The summed E-state index contributed by atoms with van der Waals surface area (Å²) in [5.74, 6) is 0.316. The molecule has 0 unspecified atom stereocenters. The molecular formula is C20H25N3O5. The Balaban J connectivity index is 2.15. The van der Waals surface area contributed by atoms with Crippen molar-refractivity contribution in [3.8, 4) is 5.75 Å². The number of nitro groups is 1. The van der Waals surface area contributed by atoms with Crippen molar-refractivity contribution in [1.29, 1.82) is 0 Å². The fraction of sp³-hybridized carbons (Fsp3) is 0.350. The summed E-state index contributed by atoms with van der Waals surface area (Å²) in [5.41, 5.74) is 1.85. The first-order chi connectivity index (χ1) is 13.5. The van der Waals surface area contributed by atoms with Gasteiger partial charge < -0.3 is 20.1 Å². The quantitative estimate of drug-likeness (QED) is 0.363. The highest BCUT2D eigenvalue weighted by Gasteiger charge is 2.18. The minimum absolute atomic E-state index is 0.163. The molecule has 0 fully saturated rings. The predicted molar refractivity (Wildman–Crippen MR) is 108 cm³/mol. The Bertz CT molecular complexity index is 839. The number of methoxy groups -OCH3 is 1. The Morgan fingerprint density at radius 2 is 1.89 bits per heavy atom. The molecule has 28 heavy (non-hydrogen) atoms. The largest absolute Gasteiger partial charge is 0.494 e. The Labute approximate surface area is 164 Å². The maximum atomic E-state index is 12.6. The summed E-state index contributed by atoms with van der Waals surface area (Å²) < 4.78 is 10.5. The van der Waals surface area contributed by atoms with Gasteiger partial charge in [-0.1, -0.05) is 6.92 Å². The maximum Gasteiger partial charge on any atom is 0.293 e. The number of rotatable bonds is 10. The zero-order valence-corrected chi connectivity index (χ0v) is 16.3. The highest BCUT2D eigenvalue weighted by molar-refractivity contribution is 6.05. The van der Waals surface area contributed by atoms with Gasteiger partial charge in [0.1, 0.15) is 11.4 Å². The number of amides is 1. The van der Waals surface area contributed by atoms with E-state index in [-0.39, 0.29) is 11.3 Å². The van der Waals surface area contributed by atoms with E-state index in [0.717, 1.165) is 17.7 Å². The summed E-state index contributed by atoms with van der Waals surface area (Å²) in [5, 5.41) is 17.1. The SMILES string of the molecule is CCCOc1ccc(NC(=O)c2ccc(NCCOC)c([N+](=O)[O-])c2)c(C)c1. The van der Waals surface area contributed by atoms with Crippen LogP contribution in [0.15, 0.2) is 36.4 Å². The summed E-state index contributed by atoms with van der Waals surface area (Å²) in [7, 11) is 1.55. The average Bonchev–Trinajstić information content (AvgIpc) is 2.68. The third-order valence-electron chi connectivity index (χ3n) is 4.00. The summed E-state index contributed by atoms with van der Waals surface area (Å²) in [4.78, 5) is 23.4. The van der Waals surface area contributed by atoms with Crippen molar-refractivity contribution in [1.82, 2.24) is 0 Å². The van der Waals surface area contributed by atoms with Crippen LogP contribution in [-0.4, -0.2) is 37.7 Å². The highest BCUT2D eigenvalue weighted by Crippen LogP contribution is 2.27. The molecule has 2 aromatic rings. The number of hydrogen-bond acceptors (Lipinski definition) is 6. The number of nitrogens with one attached hydrogen (secondary N) is 2. The van der Waals surface area contributed by atoms with Crippen molar-refractivity contribution in [2.75, 3.05) is 37.5 Å². The Hall–Kier alpha value is -3.13. The first-order valence-electron chi connectivity index (χ1n) is 9.02. The Morgan fingerprint density at radius 3 is 2.54 bits per heavy atom. The molecule has 150 valence electrons. The van der Waals surface area contributed by atoms with Gasteiger partial charge in [-0.25, -0.2) is 0 Å². The van der Waals surface area contributed by atoms with Gasteiger partial charge in [-0.15, -0.1) is 0 Å². The van der Waals surface area contributed by atoms with Gasteiger partial charge >= 0.3 is 0 Å². The highest BCUT2D eigenvalue weighted by atomic mass is 16.6. The van der Waals surface area contributed by atoms with E-state index in [1.165, 1.54) is 12.1 Å². The number of nitrogens with zero attached hydrogens (tertiary/aromatic N) is 1. The van der Waals surface area contributed by atoms with Crippen LogP contribution in [0.2, 0.25) is 0 Å². The van der Waals surface area contributed by atoms with E-state index in [2.05, 4.69) is 10.6 Å². The smallest absolute Gasteiger partial charge is 0.293 e. The molecule has 2 rings (SSSR count). The minimum atomic E-state index is -0.517. The van der Waals surface area contributed by atoms with E-state index in [1.54, 1.807) is 25.3 Å². The van der Waals surface area contributed by atoms with Crippen LogP contribution in [0.3, 0.4) is 0 Å². The molecule has 0 heterocycles. The van der Waals surface area contributed by atoms with Crippen molar-refractivity contribution in [2.24, 2.45) is 0 Å². The third-order valence-corrected chi connectivity index (χ3v) is 4.00. The molecule has 0 spiro atoms. The molecule has 0 atom stereocenters. The van der Waals surface area contributed by atoms with E-state index < -0.39 is 10.8 Å². The summed E-state index contributed by atoms with van der Waals surface area (Å²) >= 11 is 0. The first-order valence-corrected chi connectivity index (χ1v) is 9.02. The molecule has 2 N–H and O–H groups in total. The van der Waals surface area contributed by atoms with E-state index >= 15 is 0 Å². The molecule has 0 bridgehead atoms. The second-order valence-electron chi connectivity index (χ2n) is 6.19. The molecule has 0 saturated heterocycles. The number of ether oxygens (including phenoxy) is 2. The average molecular weight is 387 g/mol. The monoisotopic (exact) mass is 387 g/mol. The van der Waals surface area contributed by atoms with Crippen LogP contribution in [0.5, 0.6) is 5.75 Å². The molecule has 0 saturated carbocycles. The van der Waals surface area contributed by atoms with Gasteiger partial charge in [0.25, 0.3) is 11.6 Å². The van der Waals surface area contributed by atoms with Crippen molar-refractivity contribution < 1.29 is 19.2 Å². The lowest BCUT2D eigenvalue weighted by Crippen LogP contribution is -2.14. The number of benzene rings is 2. The number of aryl methyl sites for hydroxylation is 1. The number of carbonyl (C=O) groups excluding carboxylic acids is 1. The van der Waals surface area contributed by atoms with Crippen molar-refractivity contribution in [2.45, 2.75) is 20.3 Å². The van der Waals surface area contributed by atoms with Crippen LogP contribution in [0.1, 0.15) is 29.3 Å². The summed E-state index contributed by atoms with van der Waals surface area (Å²) in [6.45, 7) is 5.35. The first kappa shape index (κ1) is 21.2. The minimum Gasteiger partial charge on any atom is -0.494 e. The molecule has 0 aliphatic heterocycles. The van der Waals surface area contributed by atoms with Crippen LogP contribution in [0, 0.1) is 17.0 Å². The predicted octanol–water partition coefficient (Wildman–Crippen LogP) is 4.00. The van der Waals surface area contributed by atoms with Crippen molar-refractivity contribution in [3.63, 3.8) is 0 Å². The maximum absolute atomic E-state index is 12.6. The number of nitro benzene ring substituents is 1. The molecule has 0 aliphatic carbocycles. The molecule has 0 aliphatic rings. The normalized spacial score (nSPS) is 10.4. The second kappa shape index (κ2) is 10.3. The number of carbonyl (C=O) groups is 1. The van der Waals surface area contributed by atoms with Gasteiger partial charge in [0, 0.05) is 31.0 Å². The number of anilines is 2. The van der Waals surface area contributed by atoms with Crippen LogP contribution >= 0.6 is 0 Å². The van der Waals surface area contributed by atoms with Gasteiger partial charge in [-0.05, 0) is 49.2 Å². The summed E-state index contributed by atoms with van der Waals surface area (Å²) in [6, 6.07) is 9.72. The van der Waals surface area contributed by atoms with Gasteiger partial charge in [-0.2, -0.15) is 0 Å². The van der Waals surface area contributed by atoms with Crippen LogP contribution in [-0.2, 0) is 4.74 Å². The van der Waals surface area contributed by atoms with Gasteiger partial charge in [-0.3, -0.25) is 14.9 Å². The standard InChI is InChI=1S/C20H25N3O5/c1-4-10-28-16-6-8-17(14(2)12-16)22-20(24)15-5-7-18(21-9-11-27-3)19(13-15)23(25)26/h5-8,12-13,21H,4,9-11H2,1-3H3,(H,22,24). The zero-order chi connectivity index (χ0) is 20.5. The topological polar surface area (TPSA) is 103 Å². The fourth-order valence-electron chi connectivity index (χ4n) is 2.54. The Kier molecular flexibility index (Phi) is 7.76. The number of hydrogen-bond donors (Lipinski definition) is 2. The lowest BCUT2D eigenvalue weighted by atomic mass is 10.1. The van der Waals surface area contributed by atoms with E-state index in [0.29, 0.717) is 31.1 Å². The summed E-state index contributed by atoms with van der Waals surface area (Å²) in [6.07, 6.45) is 0.909. The molecule has 0 radical (unpaired) electrons. The fourth-order valence-corrected chi connectivity index (χ4v) is 2.54. The zero-order valence-electron chi connectivity index (χ0n) is 16.3. The van der Waals surface area contributed by atoms with Crippen molar-refractivity contribution in [3.05, 3.63) is 57.6 Å². The van der Waals surface area contributed by atoms with E-state index in [4.69, 9.17) is 9.47 Å². The van der Waals surface area contributed by atoms with Crippen molar-refractivity contribution >= 4 is 23.0 Å². The van der Waals surface area contributed by atoms with E-state index in [1.807, 2.05) is 19.9 Å². The van der Waals surface area contributed by atoms with E-state index in [9.17, 15) is 14.9 Å². The molecule has 0 aromatic heterocycles.